The normalized spacial score (nSPS) is 11.4. The van der Waals surface area contributed by atoms with Gasteiger partial charge in [0, 0.05) is 6.54 Å². The van der Waals surface area contributed by atoms with Crippen molar-refractivity contribution in [3.8, 4) is 17.1 Å². The van der Waals surface area contributed by atoms with Gasteiger partial charge in [-0.25, -0.2) is 0 Å². The molecule has 1 heterocycles. The van der Waals surface area contributed by atoms with Gasteiger partial charge in [-0.05, 0) is 24.1 Å². The van der Waals surface area contributed by atoms with E-state index in [1.165, 1.54) is 0 Å². The number of halogens is 3. The minimum atomic E-state index is -4.45. The topological polar surface area (TPSA) is 69.0 Å². The third-order valence-electron chi connectivity index (χ3n) is 4.35. The van der Waals surface area contributed by atoms with Crippen LogP contribution in [0.1, 0.15) is 5.56 Å². The maximum absolute atomic E-state index is 12.3. The number of rotatable bonds is 9. The first-order chi connectivity index (χ1) is 14.9. The van der Waals surface area contributed by atoms with E-state index in [1.807, 2.05) is 64.5 Å². The number of benzene rings is 2. The average Bonchev–Trinajstić information content (AvgIpc) is 3.17. The van der Waals surface area contributed by atoms with Crippen molar-refractivity contribution >= 4 is 17.7 Å². The molecule has 31 heavy (non-hydrogen) atoms. The second-order valence-electron chi connectivity index (χ2n) is 6.57. The first-order valence-corrected chi connectivity index (χ1v) is 10.4. The molecule has 0 radical (unpaired) electrons. The first-order valence-electron chi connectivity index (χ1n) is 9.44. The fraction of sp³-hybridized carbons (Fsp3) is 0.286. The molecule has 2 aromatic carbocycles. The van der Waals surface area contributed by atoms with Gasteiger partial charge >= 0.3 is 6.18 Å². The third-order valence-corrected chi connectivity index (χ3v) is 5.32. The highest BCUT2D eigenvalue weighted by Crippen LogP contribution is 2.31. The summed E-state index contributed by atoms with van der Waals surface area (Å²) in [4.78, 5) is 11.8. The van der Waals surface area contributed by atoms with Crippen molar-refractivity contribution in [2.75, 3.05) is 19.4 Å². The summed E-state index contributed by atoms with van der Waals surface area (Å²) in [6, 6.07) is 17.2. The van der Waals surface area contributed by atoms with Gasteiger partial charge in [0.15, 0.2) is 11.0 Å². The molecule has 0 aliphatic rings. The lowest BCUT2D eigenvalue weighted by Crippen LogP contribution is -2.34. The maximum atomic E-state index is 12.3. The highest BCUT2D eigenvalue weighted by molar-refractivity contribution is 7.99. The van der Waals surface area contributed by atoms with Gasteiger partial charge in [0.05, 0.1) is 18.4 Å². The van der Waals surface area contributed by atoms with Crippen LogP contribution >= 0.6 is 11.8 Å². The molecule has 1 aromatic heterocycles. The maximum Gasteiger partial charge on any atom is 0.405 e. The molecule has 0 saturated heterocycles. The number of carbonyl (C=O) groups excluding carboxylic acids is 1. The molecule has 0 unspecified atom stereocenters. The van der Waals surface area contributed by atoms with Crippen LogP contribution in [0.15, 0.2) is 59.8 Å². The van der Waals surface area contributed by atoms with Crippen molar-refractivity contribution in [2.24, 2.45) is 0 Å². The van der Waals surface area contributed by atoms with E-state index in [9.17, 15) is 18.0 Å². The lowest BCUT2D eigenvalue weighted by molar-refractivity contribution is -0.136. The van der Waals surface area contributed by atoms with Gasteiger partial charge < -0.3 is 14.6 Å². The lowest BCUT2D eigenvalue weighted by atomic mass is 10.1. The van der Waals surface area contributed by atoms with Crippen LogP contribution < -0.4 is 10.1 Å². The van der Waals surface area contributed by atoms with Crippen molar-refractivity contribution in [2.45, 2.75) is 24.3 Å². The zero-order chi connectivity index (χ0) is 22.3. The molecule has 0 spiro atoms. The molecule has 164 valence electrons. The molecule has 0 saturated carbocycles. The summed E-state index contributed by atoms with van der Waals surface area (Å²) in [6.45, 7) is -0.837. The first kappa shape index (κ1) is 22.7. The number of nitrogens with one attached hydrogen (secondary N) is 1. The number of carbonyl (C=O) groups is 1. The molecule has 10 heteroatoms. The zero-order valence-electron chi connectivity index (χ0n) is 16.7. The van der Waals surface area contributed by atoms with Gasteiger partial charge in [-0.1, -0.05) is 54.2 Å². The summed E-state index contributed by atoms with van der Waals surface area (Å²) in [6.07, 6.45) is -3.76. The van der Waals surface area contributed by atoms with Crippen LogP contribution in [-0.2, 0) is 17.8 Å². The summed E-state index contributed by atoms with van der Waals surface area (Å²) in [5, 5.41) is 10.8. The molecule has 0 bridgehead atoms. The van der Waals surface area contributed by atoms with Crippen molar-refractivity contribution in [3.63, 3.8) is 0 Å². The Morgan fingerprint density at radius 3 is 2.52 bits per heavy atom. The molecule has 6 nitrogen and oxygen atoms in total. The highest BCUT2D eigenvalue weighted by Gasteiger charge is 2.27. The summed E-state index contributed by atoms with van der Waals surface area (Å²) >= 11 is 1.04. The van der Waals surface area contributed by atoms with Crippen molar-refractivity contribution < 1.29 is 22.7 Å². The number of alkyl halides is 3. The van der Waals surface area contributed by atoms with E-state index in [2.05, 4.69) is 10.2 Å². The lowest BCUT2D eigenvalue weighted by Gasteiger charge is -2.13. The van der Waals surface area contributed by atoms with Crippen molar-refractivity contribution in [1.82, 2.24) is 20.1 Å². The van der Waals surface area contributed by atoms with Gasteiger partial charge in [0.1, 0.15) is 12.3 Å². The van der Waals surface area contributed by atoms with E-state index < -0.39 is 18.6 Å². The van der Waals surface area contributed by atoms with E-state index >= 15 is 0 Å². The Morgan fingerprint density at radius 2 is 1.81 bits per heavy atom. The number of hydrogen-bond acceptors (Lipinski definition) is 5. The highest BCUT2D eigenvalue weighted by atomic mass is 32.2. The largest absolute Gasteiger partial charge is 0.496 e. The summed E-state index contributed by atoms with van der Waals surface area (Å²) in [7, 11) is 1.56. The van der Waals surface area contributed by atoms with E-state index in [-0.39, 0.29) is 5.75 Å². The number of aromatic nitrogens is 3. The third kappa shape index (κ3) is 6.48. The molecule has 0 atom stereocenters. The van der Waals surface area contributed by atoms with Crippen LogP contribution in [0.5, 0.6) is 5.75 Å². The van der Waals surface area contributed by atoms with Crippen LogP contribution in [0.3, 0.4) is 0 Å². The minimum absolute atomic E-state index is 0.203. The Balaban J connectivity index is 1.81. The van der Waals surface area contributed by atoms with Gasteiger partial charge in [0.2, 0.25) is 5.91 Å². The second kappa shape index (κ2) is 10.3. The van der Waals surface area contributed by atoms with Gasteiger partial charge in [-0.2, -0.15) is 13.2 Å². The molecule has 3 aromatic rings. The molecular formula is C21H21F3N4O2S. The molecule has 0 fully saturated rings. The molecule has 0 aliphatic heterocycles. The number of amides is 1. The van der Waals surface area contributed by atoms with E-state index in [1.54, 1.807) is 7.11 Å². The van der Waals surface area contributed by atoms with Crippen LogP contribution in [-0.4, -0.2) is 46.3 Å². The second-order valence-corrected chi connectivity index (χ2v) is 7.52. The number of para-hydroxylation sites is 1. The van der Waals surface area contributed by atoms with Crippen molar-refractivity contribution in [1.29, 1.82) is 0 Å². The standard InChI is InChI=1S/C21H21F3N4O2S/c1-30-17-10-6-5-9-16(17)19-26-27-20(31-13-18(29)25-14-21(22,23)24)28(19)12-11-15-7-3-2-4-8-15/h2-10H,11-14H2,1H3,(H,25,29). The van der Waals surface area contributed by atoms with Crippen LogP contribution in [0.2, 0.25) is 0 Å². The molecular weight excluding hydrogens is 429 g/mol. The van der Waals surface area contributed by atoms with Gasteiger partial charge in [-0.3, -0.25) is 4.79 Å². The van der Waals surface area contributed by atoms with Gasteiger partial charge in [0.25, 0.3) is 0 Å². The number of ether oxygens (including phenoxy) is 1. The monoisotopic (exact) mass is 450 g/mol. The van der Waals surface area contributed by atoms with Gasteiger partial charge in [-0.15, -0.1) is 10.2 Å². The zero-order valence-corrected chi connectivity index (χ0v) is 17.5. The quantitative estimate of drug-likeness (QED) is 0.500. The Labute approximate surface area is 181 Å². The van der Waals surface area contributed by atoms with Crippen molar-refractivity contribution in [3.05, 3.63) is 60.2 Å². The summed E-state index contributed by atoms with van der Waals surface area (Å²) in [5.74, 6) is 0.256. The fourth-order valence-corrected chi connectivity index (χ4v) is 3.69. The number of aryl methyl sites for hydroxylation is 1. The van der Waals surface area contributed by atoms with E-state index in [0.29, 0.717) is 29.7 Å². The molecule has 1 N–H and O–H groups in total. The number of thioether (sulfide) groups is 1. The number of methoxy groups -OCH3 is 1. The average molecular weight is 450 g/mol. The molecule has 1 amide bonds. The van der Waals surface area contributed by atoms with Crippen LogP contribution in [0, 0.1) is 0 Å². The van der Waals surface area contributed by atoms with Crippen LogP contribution in [0.25, 0.3) is 11.4 Å². The minimum Gasteiger partial charge on any atom is -0.496 e. The predicted octanol–water partition coefficient (Wildman–Crippen LogP) is 3.97. The molecule has 3 rings (SSSR count). The van der Waals surface area contributed by atoms with E-state index in [4.69, 9.17) is 4.74 Å². The summed E-state index contributed by atoms with van der Waals surface area (Å²) in [5.41, 5.74) is 1.85. The predicted molar refractivity (Wildman–Crippen MR) is 112 cm³/mol. The Kier molecular flexibility index (Phi) is 7.56. The number of hydrogen-bond donors (Lipinski definition) is 1. The Bertz CT molecular complexity index is 1010. The van der Waals surface area contributed by atoms with E-state index in [0.717, 1.165) is 22.9 Å². The smallest absolute Gasteiger partial charge is 0.405 e. The Hall–Kier alpha value is -3.01. The van der Waals surface area contributed by atoms with Crippen LogP contribution in [0.4, 0.5) is 13.2 Å². The SMILES string of the molecule is COc1ccccc1-c1nnc(SCC(=O)NCC(F)(F)F)n1CCc1ccccc1. The summed E-state index contributed by atoms with van der Waals surface area (Å²) < 4.78 is 44.2. The number of nitrogens with zero attached hydrogens (tertiary/aromatic N) is 3. The fourth-order valence-electron chi connectivity index (χ4n) is 2.89. The Morgan fingerprint density at radius 1 is 1.10 bits per heavy atom. The molecule has 0 aliphatic carbocycles.